The van der Waals surface area contributed by atoms with Crippen LogP contribution in [0.1, 0.15) is 46.0 Å². The van der Waals surface area contributed by atoms with Gasteiger partial charge in [-0.15, -0.1) is 0 Å². The van der Waals surface area contributed by atoms with Crippen molar-refractivity contribution in [1.29, 1.82) is 0 Å². The van der Waals surface area contributed by atoms with E-state index in [-0.39, 0.29) is 11.0 Å². The predicted molar refractivity (Wildman–Crippen MR) is 64.3 cm³/mol. The molecule has 2 heterocycles. The largest absolute Gasteiger partial charge is 0.381 e. The Balaban J connectivity index is 1.91. The van der Waals surface area contributed by atoms with E-state index >= 15 is 0 Å². The first kappa shape index (κ1) is 12.3. The summed E-state index contributed by atoms with van der Waals surface area (Å²) in [6.07, 6.45) is 6.10. The standard InChI is InChI=1S/C13H25NO2/c1-12(2)4-3-11(16-12)9-13(10-14)5-7-15-8-6-13/h11H,3-10,14H2,1-2H3. The summed E-state index contributed by atoms with van der Waals surface area (Å²) in [7, 11) is 0. The molecule has 2 saturated heterocycles. The molecule has 1 unspecified atom stereocenters. The van der Waals surface area contributed by atoms with Gasteiger partial charge >= 0.3 is 0 Å². The highest BCUT2D eigenvalue weighted by Crippen LogP contribution is 2.40. The Hall–Kier alpha value is -0.120. The van der Waals surface area contributed by atoms with Crippen LogP contribution in [0.3, 0.4) is 0 Å². The highest BCUT2D eigenvalue weighted by molar-refractivity contribution is 4.90. The first-order valence-electron chi connectivity index (χ1n) is 6.51. The van der Waals surface area contributed by atoms with Crippen molar-refractivity contribution in [3.63, 3.8) is 0 Å². The molecule has 0 bridgehead atoms. The molecule has 0 aliphatic carbocycles. The summed E-state index contributed by atoms with van der Waals surface area (Å²) in [4.78, 5) is 0. The third kappa shape index (κ3) is 2.76. The fraction of sp³-hybridized carbons (Fsp3) is 1.00. The number of nitrogens with two attached hydrogens (primary N) is 1. The molecular weight excluding hydrogens is 202 g/mol. The molecule has 16 heavy (non-hydrogen) atoms. The highest BCUT2D eigenvalue weighted by Gasteiger charge is 2.39. The second-order valence-electron chi connectivity index (χ2n) is 6.06. The molecule has 0 aromatic carbocycles. The second kappa shape index (κ2) is 4.63. The molecule has 0 aromatic heterocycles. The van der Waals surface area contributed by atoms with Crippen LogP contribution in [0.25, 0.3) is 0 Å². The number of ether oxygens (including phenoxy) is 2. The minimum Gasteiger partial charge on any atom is -0.381 e. The molecule has 0 radical (unpaired) electrons. The lowest BCUT2D eigenvalue weighted by Crippen LogP contribution is -2.39. The molecule has 2 aliphatic rings. The van der Waals surface area contributed by atoms with Crippen molar-refractivity contribution in [2.24, 2.45) is 11.1 Å². The lowest BCUT2D eigenvalue weighted by atomic mass is 9.75. The predicted octanol–water partition coefficient (Wildman–Crippen LogP) is 2.09. The molecule has 3 heteroatoms. The minimum absolute atomic E-state index is 0.0750. The van der Waals surface area contributed by atoms with E-state index in [4.69, 9.17) is 15.2 Å². The molecule has 3 nitrogen and oxygen atoms in total. The molecule has 0 aromatic rings. The van der Waals surface area contributed by atoms with Crippen molar-refractivity contribution in [3.05, 3.63) is 0 Å². The highest BCUT2D eigenvalue weighted by atomic mass is 16.5. The Bertz CT molecular complexity index is 234. The first-order valence-corrected chi connectivity index (χ1v) is 6.51. The van der Waals surface area contributed by atoms with Gasteiger partial charge in [0.15, 0.2) is 0 Å². The normalized spacial score (nSPS) is 32.8. The van der Waals surface area contributed by atoms with Crippen LogP contribution in [0, 0.1) is 5.41 Å². The molecule has 2 fully saturated rings. The van der Waals surface area contributed by atoms with Crippen LogP contribution in [0.15, 0.2) is 0 Å². The van der Waals surface area contributed by atoms with E-state index in [1.807, 2.05) is 0 Å². The van der Waals surface area contributed by atoms with Gasteiger partial charge in [0.05, 0.1) is 11.7 Å². The second-order valence-corrected chi connectivity index (χ2v) is 6.06. The van der Waals surface area contributed by atoms with Gasteiger partial charge in [0, 0.05) is 13.2 Å². The molecule has 0 amide bonds. The summed E-state index contributed by atoms with van der Waals surface area (Å²) in [5, 5.41) is 0. The minimum atomic E-state index is 0.0750. The zero-order chi connectivity index (χ0) is 11.6. The lowest BCUT2D eigenvalue weighted by molar-refractivity contribution is -0.0563. The average molecular weight is 227 g/mol. The molecule has 0 spiro atoms. The van der Waals surface area contributed by atoms with E-state index < -0.39 is 0 Å². The molecule has 2 aliphatic heterocycles. The van der Waals surface area contributed by atoms with Crippen LogP contribution < -0.4 is 5.73 Å². The van der Waals surface area contributed by atoms with E-state index in [0.29, 0.717) is 6.10 Å². The van der Waals surface area contributed by atoms with Crippen molar-refractivity contribution in [3.8, 4) is 0 Å². The van der Waals surface area contributed by atoms with Gasteiger partial charge in [-0.25, -0.2) is 0 Å². The smallest absolute Gasteiger partial charge is 0.0631 e. The quantitative estimate of drug-likeness (QED) is 0.803. The van der Waals surface area contributed by atoms with Crippen molar-refractivity contribution in [2.75, 3.05) is 19.8 Å². The van der Waals surface area contributed by atoms with Gasteiger partial charge in [-0.1, -0.05) is 0 Å². The van der Waals surface area contributed by atoms with Gasteiger partial charge in [0.1, 0.15) is 0 Å². The van der Waals surface area contributed by atoms with E-state index in [2.05, 4.69) is 13.8 Å². The maximum atomic E-state index is 6.08. The average Bonchev–Trinajstić information content (AvgIpc) is 2.59. The van der Waals surface area contributed by atoms with Gasteiger partial charge in [-0.2, -0.15) is 0 Å². The van der Waals surface area contributed by atoms with E-state index in [9.17, 15) is 0 Å². The number of rotatable bonds is 3. The third-order valence-corrected chi connectivity index (χ3v) is 4.20. The van der Waals surface area contributed by atoms with E-state index in [1.54, 1.807) is 0 Å². The SMILES string of the molecule is CC1(C)CCC(CC2(CN)CCOCC2)O1. The van der Waals surface area contributed by atoms with Crippen LogP contribution >= 0.6 is 0 Å². The van der Waals surface area contributed by atoms with Crippen LogP contribution in [0.4, 0.5) is 0 Å². The van der Waals surface area contributed by atoms with Crippen molar-refractivity contribution >= 4 is 0 Å². The van der Waals surface area contributed by atoms with E-state index in [0.717, 1.165) is 39.0 Å². The summed E-state index contributed by atoms with van der Waals surface area (Å²) < 4.78 is 11.5. The summed E-state index contributed by atoms with van der Waals surface area (Å²) in [6.45, 7) is 6.88. The molecular formula is C13H25NO2. The summed E-state index contributed by atoms with van der Waals surface area (Å²) in [5.41, 5.74) is 6.33. The topological polar surface area (TPSA) is 44.5 Å². The number of hydrogen-bond acceptors (Lipinski definition) is 3. The zero-order valence-corrected chi connectivity index (χ0v) is 10.6. The Morgan fingerprint density at radius 1 is 1.19 bits per heavy atom. The fourth-order valence-electron chi connectivity index (χ4n) is 3.00. The van der Waals surface area contributed by atoms with Crippen LogP contribution in [0.2, 0.25) is 0 Å². The molecule has 94 valence electrons. The maximum absolute atomic E-state index is 6.08. The monoisotopic (exact) mass is 227 g/mol. The van der Waals surface area contributed by atoms with Gasteiger partial charge in [0.25, 0.3) is 0 Å². The van der Waals surface area contributed by atoms with Crippen LogP contribution in [-0.2, 0) is 9.47 Å². The first-order chi connectivity index (χ1) is 7.55. The molecule has 2 rings (SSSR count). The maximum Gasteiger partial charge on any atom is 0.0631 e. The van der Waals surface area contributed by atoms with Crippen molar-refractivity contribution in [1.82, 2.24) is 0 Å². The summed E-state index contributed by atoms with van der Waals surface area (Å²) in [6, 6.07) is 0. The summed E-state index contributed by atoms with van der Waals surface area (Å²) >= 11 is 0. The Kier molecular flexibility index (Phi) is 3.57. The lowest BCUT2D eigenvalue weighted by Gasteiger charge is -2.38. The number of hydrogen-bond donors (Lipinski definition) is 1. The van der Waals surface area contributed by atoms with Gasteiger partial charge in [0.2, 0.25) is 0 Å². The molecule has 2 N–H and O–H groups in total. The fourth-order valence-corrected chi connectivity index (χ4v) is 3.00. The Morgan fingerprint density at radius 3 is 2.38 bits per heavy atom. The van der Waals surface area contributed by atoms with Crippen molar-refractivity contribution in [2.45, 2.75) is 57.7 Å². The zero-order valence-electron chi connectivity index (χ0n) is 10.6. The van der Waals surface area contributed by atoms with E-state index in [1.165, 1.54) is 12.8 Å². The van der Waals surface area contributed by atoms with Gasteiger partial charge in [-0.3, -0.25) is 0 Å². The van der Waals surface area contributed by atoms with Crippen molar-refractivity contribution < 1.29 is 9.47 Å². The molecule has 1 atom stereocenters. The third-order valence-electron chi connectivity index (χ3n) is 4.20. The Morgan fingerprint density at radius 2 is 1.88 bits per heavy atom. The van der Waals surface area contributed by atoms with Gasteiger partial charge < -0.3 is 15.2 Å². The summed E-state index contributed by atoms with van der Waals surface area (Å²) in [5.74, 6) is 0. The van der Waals surface area contributed by atoms with Crippen LogP contribution in [-0.4, -0.2) is 31.5 Å². The van der Waals surface area contributed by atoms with Crippen LogP contribution in [0.5, 0.6) is 0 Å². The van der Waals surface area contributed by atoms with Gasteiger partial charge in [-0.05, 0) is 57.9 Å². The molecule has 0 saturated carbocycles. The Labute approximate surface area is 98.7 Å².